The van der Waals surface area contributed by atoms with Crippen LogP contribution in [-0.4, -0.2) is 34.3 Å². The zero-order valence-electron chi connectivity index (χ0n) is 10.1. The summed E-state index contributed by atoms with van der Waals surface area (Å²) in [6, 6.07) is 1.38. The molecule has 0 aromatic carbocycles. The van der Waals surface area contributed by atoms with Crippen LogP contribution in [0.5, 0.6) is 0 Å². The van der Waals surface area contributed by atoms with E-state index in [1.807, 2.05) is 4.90 Å². The summed E-state index contributed by atoms with van der Waals surface area (Å²) in [6.45, 7) is 2.30. The minimum Gasteiger partial charge on any atom is -0.394 e. The molecule has 0 amide bonds. The van der Waals surface area contributed by atoms with Crippen molar-refractivity contribution in [1.82, 2.24) is 0 Å². The second kappa shape index (κ2) is 5.21. The van der Waals surface area contributed by atoms with E-state index in [4.69, 9.17) is 0 Å². The summed E-state index contributed by atoms with van der Waals surface area (Å²) < 4.78 is 0. The molecule has 0 aliphatic carbocycles. The lowest BCUT2D eigenvalue weighted by Crippen LogP contribution is -2.31. The molecule has 1 aromatic heterocycles. The summed E-state index contributed by atoms with van der Waals surface area (Å²) in [5.74, 6) is 0. The first-order valence-electron chi connectivity index (χ1n) is 5.88. The molecule has 6 nitrogen and oxygen atoms in total. The summed E-state index contributed by atoms with van der Waals surface area (Å²) in [5, 5.41) is 30.4. The highest BCUT2D eigenvalue weighted by atomic mass is 32.1. The molecule has 100 valence electrons. The lowest BCUT2D eigenvalue weighted by Gasteiger charge is -2.22. The molecule has 2 heterocycles. The maximum atomic E-state index is 11.1. The van der Waals surface area contributed by atoms with Gasteiger partial charge in [-0.15, -0.1) is 11.3 Å². The van der Waals surface area contributed by atoms with E-state index in [9.17, 15) is 20.3 Å². The standard InChI is InChI=1S/C11H16N2O4S/c1-7(15)10-5-9(13(16)17)11(18-10)12-4-2-3-8(12)6-14/h5,7-8,14-15H,2-4,6H2,1H3. The summed E-state index contributed by atoms with van der Waals surface area (Å²) in [6.07, 6.45) is 1.05. The number of aliphatic hydroxyl groups excluding tert-OH is 2. The summed E-state index contributed by atoms with van der Waals surface area (Å²) in [7, 11) is 0. The number of hydrogen-bond donors (Lipinski definition) is 2. The van der Waals surface area contributed by atoms with Crippen LogP contribution in [0.25, 0.3) is 0 Å². The fourth-order valence-electron chi connectivity index (χ4n) is 2.23. The van der Waals surface area contributed by atoms with Crippen LogP contribution in [0.3, 0.4) is 0 Å². The minimum atomic E-state index is -0.711. The number of anilines is 1. The zero-order chi connectivity index (χ0) is 13.3. The Balaban J connectivity index is 2.39. The molecule has 0 saturated carbocycles. The zero-order valence-corrected chi connectivity index (χ0v) is 10.9. The number of thiophene rings is 1. The number of nitro groups is 1. The second-order valence-electron chi connectivity index (χ2n) is 4.44. The highest BCUT2D eigenvalue weighted by Gasteiger charge is 2.32. The molecule has 2 rings (SSSR count). The van der Waals surface area contributed by atoms with Gasteiger partial charge in [0.25, 0.3) is 0 Å². The third kappa shape index (κ3) is 2.33. The molecule has 0 bridgehead atoms. The van der Waals surface area contributed by atoms with E-state index in [-0.39, 0.29) is 18.3 Å². The van der Waals surface area contributed by atoms with Gasteiger partial charge in [-0.2, -0.15) is 0 Å². The van der Waals surface area contributed by atoms with Gasteiger partial charge in [0.2, 0.25) is 0 Å². The van der Waals surface area contributed by atoms with Gasteiger partial charge in [0.1, 0.15) is 0 Å². The lowest BCUT2D eigenvalue weighted by atomic mass is 10.2. The Morgan fingerprint density at radius 1 is 1.72 bits per heavy atom. The van der Waals surface area contributed by atoms with Crippen molar-refractivity contribution in [2.24, 2.45) is 0 Å². The molecule has 2 unspecified atom stereocenters. The molecular weight excluding hydrogens is 256 g/mol. The average Bonchev–Trinajstić information content (AvgIpc) is 2.94. The molecule has 2 atom stereocenters. The van der Waals surface area contributed by atoms with Crippen LogP contribution in [0.4, 0.5) is 10.7 Å². The van der Waals surface area contributed by atoms with Gasteiger partial charge in [0.05, 0.1) is 23.7 Å². The van der Waals surface area contributed by atoms with E-state index in [2.05, 4.69) is 0 Å². The highest BCUT2D eigenvalue weighted by Crippen LogP contribution is 2.42. The molecule has 2 N–H and O–H groups in total. The van der Waals surface area contributed by atoms with Crippen LogP contribution in [0.2, 0.25) is 0 Å². The van der Waals surface area contributed by atoms with Gasteiger partial charge in [0.15, 0.2) is 5.00 Å². The minimum absolute atomic E-state index is 0.000926. The van der Waals surface area contributed by atoms with E-state index in [1.165, 1.54) is 17.4 Å². The van der Waals surface area contributed by atoms with Crippen molar-refractivity contribution in [3.05, 3.63) is 21.1 Å². The SMILES string of the molecule is CC(O)c1cc([N+](=O)[O-])c(N2CCCC2CO)s1. The largest absolute Gasteiger partial charge is 0.394 e. The van der Waals surface area contributed by atoms with Crippen LogP contribution in [0.1, 0.15) is 30.7 Å². The maximum absolute atomic E-state index is 11.1. The van der Waals surface area contributed by atoms with Crippen LogP contribution in [-0.2, 0) is 0 Å². The highest BCUT2D eigenvalue weighted by molar-refractivity contribution is 7.16. The summed E-state index contributed by atoms with van der Waals surface area (Å²) >= 11 is 1.24. The Labute approximate surface area is 109 Å². The number of nitrogens with zero attached hydrogens (tertiary/aromatic N) is 2. The maximum Gasteiger partial charge on any atom is 0.304 e. The van der Waals surface area contributed by atoms with E-state index in [0.29, 0.717) is 16.4 Å². The Morgan fingerprint density at radius 2 is 2.44 bits per heavy atom. The molecule has 1 saturated heterocycles. The van der Waals surface area contributed by atoms with Crippen LogP contribution in [0.15, 0.2) is 6.07 Å². The van der Waals surface area contributed by atoms with Gasteiger partial charge in [-0.3, -0.25) is 10.1 Å². The predicted octanol–water partition coefficient (Wildman–Crippen LogP) is 1.67. The van der Waals surface area contributed by atoms with Gasteiger partial charge in [0, 0.05) is 17.5 Å². The van der Waals surface area contributed by atoms with Gasteiger partial charge in [-0.1, -0.05) is 0 Å². The van der Waals surface area contributed by atoms with Crippen molar-refractivity contribution in [2.75, 3.05) is 18.1 Å². The molecule has 7 heteroatoms. The first-order chi connectivity index (χ1) is 8.54. The Bertz CT molecular complexity index is 446. The third-order valence-electron chi connectivity index (χ3n) is 3.17. The van der Waals surface area contributed by atoms with E-state index in [1.54, 1.807) is 6.92 Å². The topological polar surface area (TPSA) is 86.8 Å². The Kier molecular flexibility index (Phi) is 3.84. The quantitative estimate of drug-likeness (QED) is 0.643. The predicted molar refractivity (Wildman–Crippen MR) is 69.1 cm³/mol. The van der Waals surface area contributed by atoms with Crippen molar-refractivity contribution in [1.29, 1.82) is 0 Å². The first kappa shape index (κ1) is 13.3. The van der Waals surface area contributed by atoms with Gasteiger partial charge in [-0.05, 0) is 19.8 Å². The molecule has 18 heavy (non-hydrogen) atoms. The summed E-state index contributed by atoms with van der Waals surface area (Å²) in [5.41, 5.74) is 0.0243. The van der Waals surface area contributed by atoms with Crippen LogP contribution < -0.4 is 4.90 Å². The Morgan fingerprint density at radius 3 is 3.00 bits per heavy atom. The second-order valence-corrected chi connectivity index (χ2v) is 5.51. The number of aliphatic hydroxyl groups is 2. The molecule has 1 fully saturated rings. The monoisotopic (exact) mass is 272 g/mol. The smallest absolute Gasteiger partial charge is 0.304 e. The molecule has 0 spiro atoms. The van der Waals surface area contributed by atoms with E-state index < -0.39 is 11.0 Å². The van der Waals surface area contributed by atoms with Crippen molar-refractivity contribution >= 4 is 22.0 Å². The third-order valence-corrected chi connectivity index (χ3v) is 4.50. The average molecular weight is 272 g/mol. The van der Waals surface area contributed by atoms with Gasteiger partial charge < -0.3 is 15.1 Å². The van der Waals surface area contributed by atoms with Crippen molar-refractivity contribution in [3.63, 3.8) is 0 Å². The first-order valence-corrected chi connectivity index (χ1v) is 6.70. The van der Waals surface area contributed by atoms with E-state index >= 15 is 0 Å². The number of rotatable bonds is 4. The number of hydrogen-bond acceptors (Lipinski definition) is 6. The van der Waals surface area contributed by atoms with Gasteiger partial charge in [-0.25, -0.2) is 0 Å². The molecular formula is C11H16N2O4S. The Hall–Kier alpha value is -1.18. The molecule has 1 aromatic rings. The van der Waals surface area contributed by atoms with Gasteiger partial charge >= 0.3 is 5.69 Å². The van der Waals surface area contributed by atoms with Crippen molar-refractivity contribution in [3.8, 4) is 0 Å². The van der Waals surface area contributed by atoms with Crippen LogP contribution in [0, 0.1) is 10.1 Å². The fraction of sp³-hybridized carbons (Fsp3) is 0.636. The van der Waals surface area contributed by atoms with E-state index in [0.717, 1.165) is 12.8 Å². The van der Waals surface area contributed by atoms with Crippen LogP contribution >= 0.6 is 11.3 Å². The molecule has 1 aliphatic heterocycles. The summed E-state index contributed by atoms with van der Waals surface area (Å²) in [4.78, 5) is 13.1. The van der Waals surface area contributed by atoms with Crippen molar-refractivity contribution in [2.45, 2.75) is 31.9 Å². The molecule has 0 radical (unpaired) electrons. The van der Waals surface area contributed by atoms with Crippen molar-refractivity contribution < 1.29 is 15.1 Å². The fourth-order valence-corrected chi connectivity index (χ4v) is 3.39. The lowest BCUT2D eigenvalue weighted by molar-refractivity contribution is -0.383. The normalized spacial score (nSPS) is 21.3. The molecule has 1 aliphatic rings.